The monoisotopic (exact) mass is 333 g/mol. The molecule has 0 unspecified atom stereocenters. The van der Waals surface area contributed by atoms with Gasteiger partial charge in [0.2, 0.25) is 5.91 Å². The molecular weight excluding hydrogens is 314 g/mol. The molecule has 23 heavy (non-hydrogen) atoms. The van der Waals surface area contributed by atoms with E-state index in [9.17, 15) is 9.59 Å². The minimum Gasteiger partial charge on any atom is -0.467 e. The van der Waals surface area contributed by atoms with E-state index in [4.69, 9.17) is 4.42 Å². The van der Waals surface area contributed by atoms with Gasteiger partial charge in [-0.05, 0) is 23.6 Å². The molecule has 2 N–H and O–H groups in total. The second-order valence-corrected chi connectivity index (χ2v) is 5.88. The smallest absolute Gasteiger partial charge is 0.321 e. The topological polar surface area (TPSA) is 74.6 Å². The van der Waals surface area contributed by atoms with Gasteiger partial charge < -0.3 is 9.73 Å². The number of furan rings is 1. The number of hydrogen-bond donors (Lipinski definition) is 2. The second kappa shape index (κ2) is 8.92. The predicted molar refractivity (Wildman–Crippen MR) is 88.9 cm³/mol. The zero-order valence-electron chi connectivity index (χ0n) is 12.7. The van der Waals surface area contributed by atoms with Gasteiger partial charge in [-0.2, -0.15) is 0 Å². The minimum absolute atomic E-state index is 0.123. The lowest BCUT2D eigenvalue weighted by molar-refractivity contribution is -0.121. The van der Waals surface area contributed by atoms with Crippen LogP contribution in [0.25, 0.3) is 0 Å². The number of rotatable bonds is 8. The Labute approximate surface area is 138 Å². The van der Waals surface area contributed by atoms with E-state index in [-0.39, 0.29) is 19.0 Å². The maximum absolute atomic E-state index is 12.0. The molecule has 0 bridgehead atoms. The Morgan fingerprint density at radius 1 is 1.35 bits per heavy atom. The van der Waals surface area contributed by atoms with Crippen molar-refractivity contribution >= 4 is 23.3 Å². The van der Waals surface area contributed by atoms with Crippen molar-refractivity contribution in [1.82, 2.24) is 15.5 Å². The van der Waals surface area contributed by atoms with Crippen molar-refractivity contribution in [2.24, 2.45) is 0 Å². The fourth-order valence-corrected chi connectivity index (χ4v) is 2.73. The Bertz CT molecular complexity index is 623. The van der Waals surface area contributed by atoms with Crippen molar-refractivity contribution in [3.63, 3.8) is 0 Å². The van der Waals surface area contributed by atoms with E-state index in [2.05, 4.69) is 17.2 Å². The Morgan fingerprint density at radius 3 is 2.87 bits per heavy atom. The van der Waals surface area contributed by atoms with Crippen LogP contribution in [0, 0.1) is 0 Å². The molecule has 0 aromatic carbocycles. The van der Waals surface area contributed by atoms with Crippen LogP contribution in [0.15, 0.2) is 53.0 Å². The number of carbonyl (C=O) groups excluding carboxylic acids is 2. The second-order valence-electron chi connectivity index (χ2n) is 4.85. The molecule has 0 saturated heterocycles. The quantitative estimate of drug-likeness (QED) is 0.727. The maximum Gasteiger partial charge on any atom is 0.321 e. The molecule has 0 spiro atoms. The van der Waals surface area contributed by atoms with Crippen LogP contribution in [-0.2, 0) is 17.9 Å². The summed E-state index contributed by atoms with van der Waals surface area (Å²) in [5.74, 6) is 0.263. The Hall–Kier alpha value is -2.38. The summed E-state index contributed by atoms with van der Waals surface area (Å²) in [6.07, 6.45) is 3.26. The third-order valence-electron chi connectivity index (χ3n) is 2.97. The average Bonchev–Trinajstić information content (AvgIpc) is 3.18. The molecule has 0 atom stereocenters. The van der Waals surface area contributed by atoms with Crippen molar-refractivity contribution in [3.8, 4) is 0 Å². The summed E-state index contributed by atoms with van der Waals surface area (Å²) >= 11 is 1.63. The van der Waals surface area contributed by atoms with Crippen LogP contribution in [0.3, 0.4) is 0 Å². The van der Waals surface area contributed by atoms with E-state index in [0.717, 1.165) is 4.88 Å². The van der Waals surface area contributed by atoms with Crippen LogP contribution in [0.1, 0.15) is 10.6 Å². The lowest BCUT2D eigenvalue weighted by atomic mass is 10.3. The van der Waals surface area contributed by atoms with Crippen molar-refractivity contribution < 1.29 is 14.0 Å². The van der Waals surface area contributed by atoms with E-state index in [1.54, 1.807) is 29.5 Å². The van der Waals surface area contributed by atoms with E-state index in [1.165, 1.54) is 6.26 Å². The molecule has 0 aliphatic carbocycles. The molecule has 0 fully saturated rings. The molecule has 6 nitrogen and oxygen atoms in total. The highest BCUT2D eigenvalue weighted by atomic mass is 32.1. The lowest BCUT2D eigenvalue weighted by Gasteiger charge is -2.19. The van der Waals surface area contributed by atoms with Crippen LogP contribution in [0.5, 0.6) is 0 Å². The van der Waals surface area contributed by atoms with Crippen LogP contribution < -0.4 is 10.6 Å². The zero-order chi connectivity index (χ0) is 16.5. The predicted octanol–water partition coefficient (Wildman–Crippen LogP) is 2.36. The van der Waals surface area contributed by atoms with E-state index >= 15 is 0 Å². The Kier molecular flexibility index (Phi) is 6.58. The molecule has 2 aromatic heterocycles. The van der Waals surface area contributed by atoms with E-state index < -0.39 is 6.03 Å². The number of thiophene rings is 1. The van der Waals surface area contributed by atoms with Crippen LogP contribution in [0.4, 0.5) is 4.79 Å². The first-order valence-corrected chi connectivity index (χ1v) is 8.01. The fraction of sp³-hybridized carbons (Fsp3) is 0.250. The van der Waals surface area contributed by atoms with Crippen LogP contribution in [0.2, 0.25) is 0 Å². The molecule has 0 radical (unpaired) electrons. The van der Waals surface area contributed by atoms with Gasteiger partial charge in [0, 0.05) is 18.0 Å². The van der Waals surface area contributed by atoms with Crippen molar-refractivity contribution in [1.29, 1.82) is 0 Å². The van der Waals surface area contributed by atoms with Gasteiger partial charge in [0.15, 0.2) is 0 Å². The Balaban J connectivity index is 1.76. The summed E-state index contributed by atoms with van der Waals surface area (Å²) in [5, 5.41) is 6.86. The third kappa shape index (κ3) is 6.09. The number of hydrogen-bond acceptors (Lipinski definition) is 5. The van der Waals surface area contributed by atoms with Gasteiger partial charge in [0.05, 0.1) is 19.4 Å². The molecule has 2 aromatic rings. The van der Waals surface area contributed by atoms with Crippen LogP contribution in [-0.4, -0.2) is 29.9 Å². The summed E-state index contributed by atoms with van der Waals surface area (Å²) in [5.41, 5.74) is 0. The summed E-state index contributed by atoms with van der Waals surface area (Å²) in [7, 11) is 0. The van der Waals surface area contributed by atoms with E-state index in [0.29, 0.717) is 18.8 Å². The van der Waals surface area contributed by atoms with Gasteiger partial charge in [-0.15, -0.1) is 17.9 Å². The fourth-order valence-electron chi connectivity index (χ4n) is 1.98. The van der Waals surface area contributed by atoms with Crippen molar-refractivity contribution in [3.05, 3.63) is 59.2 Å². The number of nitrogens with zero attached hydrogens (tertiary/aromatic N) is 1. The van der Waals surface area contributed by atoms with Gasteiger partial charge in [-0.25, -0.2) is 4.79 Å². The van der Waals surface area contributed by atoms with Gasteiger partial charge >= 0.3 is 6.03 Å². The maximum atomic E-state index is 12.0. The summed E-state index contributed by atoms with van der Waals surface area (Å²) < 4.78 is 5.10. The third-order valence-corrected chi connectivity index (χ3v) is 3.83. The molecule has 0 aliphatic heterocycles. The summed E-state index contributed by atoms with van der Waals surface area (Å²) in [6.45, 7) is 5.27. The highest BCUT2D eigenvalue weighted by molar-refractivity contribution is 7.09. The van der Waals surface area contributed by atoms with Crippen LogP contribution >= 0.6 is 11.3 Å². The van der Waals surface area contributed by atoms with Crippen molar-refractivity contribution in [2.75, 3.05) is 13.1 Å². The highest BCUT2D eigenvalue weighted by Crippen LogP contribution is 2.11. The number of carbonyl (C=O) groups is 2. The number of imide groups is 1. The molecule has 0 saturated carbocycles. The number of amides is 3. The number of nitrogens with one attached hydrogen (secondary N) is 2. The average molecular weight is 333 g/mol. The van der Waals surface area contributed by atoms with Crippen molar-refractivity contribution in [2.45, 2.75) is 13.1 Å². The number of urea groups is 1. The molecule has 122 valence electrons. The highest BCUT2D eigenvalue weighted by Gasteiger charge is 2.13. The zero-order valence-corrected chi connectivity index (χ0v) is 13.5. The molecule has 0 aliphatic rings. The molecular formula is C16H19N3O3S. The molecule has 3 amide bonds. The first-order valence-electron chi connectivity index (χ1n) is 7.13. The standard InChI is InChI=1S/C16H19N3O3S/c1-2-7-19(11-14-6-4-9-23-14)12-15(20)18-16(21)17-10-13-5-3-8-22-13/h2-6,8-9H,1,7,10-12H2,(H2,17,18,20,21). The SMILES string of the molecule is C=CCN(CC(=O)NC(=O)NCc1ccco1)Cc1cccs1. The molecule has 7 heteroatoms. The molecule has 2 heterocycles. The van der Waals surface area contributed by atoms with E-state index in [1.807, 2.05) is 22.4 Å². The largest absolute Gasteiger partial charge is 0.467 e. The summed E-state index contributed by atoms with van der Waals surface area (Å²) in [4.78, 5) is 26.7. The first-order chi connectivity index (χ1) is 11.2. The minimum atomic E-state index is -0.541. The van der Waals surface area contributed by atoms with Gasteiger partial charge in [0.25, 0.3) is 0 Å². The Morgan fingerprint density at radius 2 is 2.22 bits per heavy atom. The first kappa shape index (κ1) is 17.0. The lowest BCUT2D eigenvalue weighted by Crippen LogP contribution is -2.44. The van der Waals surface area contributed by atoms with Gasteiger partial charge in [0.1, 0.15) is 5.76 Å². The normalized spacial score (nSPS) is 10.5. The molecule has 2 rings (SSSR count). The van der Waals surface area contributed by atoms with Gasteiger partial charge in [-0.1, -0.05) is 12.1 Å². The van der Waals surface area contributed by atoms with Gasteiger partial charge in [-0.3, -0.25) is 15.0 Å². The summed E-state index contributed by atoms with van der Waals surface area (Å²) in [6, 6.07) is 6.91.